The summed E-state index contributed by atoms with van der Waals surface area (Å²) in [4.78, 5) is 19.4. The summed E-state index contributed by atoms with van der Waals surface area (Å²) in [6.07, 6.45) is 3.54. The first-order chi connectivity index (χ1) is 13.2. The number of hydrogen-bond donors (Lipinski definition) is 1. The number of benzene rings is 1. The minimum Gasteiger partial charge on any atom is -0.379 e. The molecule has 0 spiro atoms. The highest BCUT2D eigenvalue weighted by Gasteiger charge is 2.20. The molecule has 1 aromatic carbocycles. The van der Waals surface area contributed by atoms with E-state index in [4.69, 9.17) is 4.74 Å². The Bertz CT molecular complexity index is 739. The summed E-state index contributed by atoms with van der Waals surface area (Å²) in [6, 6.07) is 7.94. The molecule has 0 aliphatic carbocycles. The van der Waals surface area contributed by atoms with Crippen molar-refractivity contribution in [3.05, 3.63) is 36.2 Å². The number of amides is 1. The van der Waals surface area contributed by atoms with E-state index in [0.29, 0.717) is 18.2 Å². The third-order valence-electron chi connectivity index (χ3n) is 4.97. The molecule has 1 atom stereocenters. The van der Waals surface area contributed by atoms with Gasteiger partial charge in [-0.25, -0.2) is 9.67 Å². The Balaban J connectivity index is 1.65. The summed E-state index contributed by atoms with van der Waals surface area (Å²) in [5.74, 6) is 0.747. The summed E-state index contributed by atoms with van der Waals surface area (Å²) in [5, 5.41) is 7.36. The number of carbonyl (C=O) groups is 1. The van der Waals surface area contributed by atoms with Crippen molar-refractivity contribution >= 4 is 5.91 Å². The second-order valence-corrected chi connectivity index (χ2v) is 6.81. The number of nitrogens with zero attached hydrogens (tertiary/aromatic N) is 4. The fourth-order valence-corrected chi connectivity index (χ4v) is 3.45. The van der Waals surface area contributed by atoms with E-state index in [1.807, 2.05) is 28.9 Å². The van der Waals surface area contributed by atoms with Crippen LogP contribution < -0.4 is 5.32 Å². The summed E-state index contributed by atoms with van der Waals surface area (Å²) >= 11 is 0. The van der Waals surface area contributed by atoms with E-state index in [9.17, 15) is 4.79 Å². The second kappa shape index (κ2) is 9.62. The molecule has 2 aromatic rings. The van der Waals surface area contributed by atoms with Gasteiger partial charge in [-0.2, -0.15) is 5.10 Å². The molecule has 0 bridgehead atoms. The molecule has 27 heavy (non-hydrogen) atoms. The fraction of sp³-hybridized carbons (Fsp3) is 0.550. The molecule has 1 aliphatic heterocycles. The van der Waals surface area contributed by atoms with Gasteiger partial charge in [-0.3, -0.25) is 9.69 Å². The van der Waals surface area contributed by atoms with Gasteiger partial charge in [-0.15, -0.1) is 0 Å². The van der Waals surface area contributed by atoms with Crippen molar-refractivity contribution in [1.82, 2.24) is 25.0 Å². The fourth-order valence-electron chi connectivity index (χ4n) is 3.45. The van der Waals surface area contributed by atoms with E-state index in [-0.39, 0.29) is 5.91 Å². The van der Waals surface area contributed by atoms with E-state index >= 15 is 0 Å². The van der Waals surface area contributed by atoms with Crippen LogP contribution >= 0.6 is 0 Å². The van der Waals surface area contributed by atoms with Gasteiger partial charge in [0, 0.05) is 43.3 Å². The van der Waals surface area contributed by atoms with Crippen LogP contribution in [-0.2, 0) is 11.3 Å². The van der Waals surface area contributed by atoms with Crippen LogP contribution in [0.15, 0.2) is 30.6 Å². The number of morpholine rings is 1. The van der Waals surface area contributed by atoms with Gasteiger partial charge >= 0.3 is 0 Å². The molecule has 0 radical (unpaired) electrons. The van der Waals surface area contributed by atoms with Crippen molar-refractivity contribution in [3.63, 3.8) is 0 Å². The molecule has 146 valence electrons. The van der Waals surface area contributed by atoms with E-state index in [2.05, 4.69) is 34.1 Å². The van der Waals surface area contributed by atoms with Gasteiger partial charge in [0.2, 0.25) is 0 Å². The average Bonchev–Trinajstić information content (AvgIpc) is 3.18. The Kier molecular flexibility index (Phi) is 6.95. The summed E-state index contributed by atoms with van der Waals surface area (Å²) in [7, 11) is 0. The number of aryl methyl sites for hydroxylation is 1. The zero-order valence-electron chi connectivity index (χ0n) is 16.2. The van der Waals surface area contributed by atoms with Crippen LogP contribution in [-0.4, -0.2) is 64.5 Å². The molecule has 7 heteroatoms. The van der Waals surface area contributed by atoms with Crippen molar-refractivity contribution in [1.29, 1.82) is 0 Å². The quantitative estimate of drug-likeness (QED) is 0.770. The van der Waals surface area contributed by atoms with E-state index in [1.54, 1.807) is 6.33 Å². The first-order valence-corrected chi connectivity index (χ1v) is 9.81. The largest absolute Gasteiger partial charge is 0.379 e. The number of carbonyl (C=O) groups excluding carboxylic acids is 1. The normalized spacial score (nSPS) is 16.2. The molecule has 7 nitrogen and oxygen atoms in total. The van der Waals surface area contributed by atoms with Crippen LogP contribution in [0.4, 0.5) is 0 Å². The summed E-state index contributed by atoms with van der Waals surface area (Å²) < 4.78 is 7.30. The maximum Gasteiger partial charge on any atom is 0.251 e. The average molecular weight is 371 g/mol. The Morgan fingerprint density at radius 2 is 2.11 bits per heavy atom. The van der Waals surface area contributed by atoms with Crippen LogP contribution in [0.5, 0.6) is 0 Å². The predicted octanol–water partition coefficient (Wildman–Crippen LogP) is 2.20. The number of hydrogen-bond acceptors (Lipinski definition) is 5. The van der Waals surface area contributed by atoms with E-state index < -0.39 is 0 Å². The van der Waals surface area contributed by atoms with Crippen LogP contribution in [0.3, 0.4) is 0 Å². The molecular weight excluding hydrogens is 342 g/mol. The van der Waals surface area contributed by atoms with Crippen molar-refractivity contribution in [2.24, 2.45) is 0 Å². The third-order valence-corrected chi connectivity index (χ3v) is 4.97. The topological polar surface area (TPSA) is 72.3 Å². The van der Waals surface area contributed by atoms with Crippen LogP contribution in [0.25, 0.3) is 11.4 Å². The number of nitrogens with one attached hydrogen (secondary N) is 1. The van der Waals surface area contributed by atoms with Crippen LogP contribution in [0, 0.1) is 0 Å². The molecule has 1 unspecified atom stereocenters. The number of ether oxygens (including phenoxy) is 1. The molecule has 1 fully saturated rings. The van der Waals surface area contributed by atoms with Crippen molar-refractivity contribution in [3.8, 4) is 11.4 Å². The van der Waals surface area contributed by atoms with Crippen molar-refractivity contribution < 1.29 is 9.53 Å². The Labute approximate surface area is 160 Å². The standard InChI is InChI=1S/C20H29N5O2/c1-3-8-25-19(22-15-23-25)16-6-5-7-17(13-16)20(26)21-14-18(4-2)24-9-11-27-12-10-24/h5-7,13,15,18H,3-4,8-12,14H2,1-2H3,(H,21,26). The maximum atomic E-state index is 12.7. The highest BCUT2D eigenvalue weighted by atomic mass is 16.5. The lowest BCUT2D eigenvalue weighted by atomic mass is 10.1. The van der Waals surface area contributed by atoms with E-state index in [1.165, 1.54) is 0 Å². The highest BCUT2D eigenvalue weighted by molar-refractivity contribution is 5.95. The lowest BCUT2D eigenvalue weighted by Crippen LogP contribution is -2.48. The molecule has 1 aliphatic rings. The van der Waals surface area contributed by atoms with Gasteiger partial charge in [-0.05, 0) is 25.0 Å². The Morgan fingerprint density at radius 1 is 1.30 bits per heavy atom. The minimum atomic E-state index is -0.0508. The minimum absolute atomic E-state index is 0.0508. The van der Waals surface area contributed by atoms with Gasteiger partial charge in [0.15, 0.2) is 5.82 Å². The molecule has 1 saturated heterocycles. The van der Waals surface area contributed by atoms with Gasteiger partial charge in [0.25, 0.3) is 5.91 Å². The van der Waals surface area contributed by atoms with Crippen LogP contribution in [0.2, 0.25) is 0 Å². The number of aromatic nitrogens is 3. The maximum absolute atomic E-state index is 12.7. The Morgan fingerprint density at radius 3 is 2.85 bits per heavy atom. The van der Waals surface area contributed by atoms with Crippen molar-refractivity contribution in [2.75, 3.05) is 32.8 Å². The van der Waals surface area contributed by atoms with Gasteiger partial charge in [0.1, 0.15) is 6.33 Å². The van der Waals surface area contributed by atoms with Gasteiger partial charge in [0.05, 0.1) is 13.2 Å². The molecule has 2 heterocycles. The summed E-state index contributed by atoms with van der Waals surface area (Å²) in [6.45, 7) is 9.11. The highest BCUT2D eigenvalue weighted by Crippen LogP contribution is 2.18. The molecule has 3 rings (SSSR count). The zero-order valence-corrected chi connectivity index (χ0v) is 16.2. The van der Waals surface area contributed by atoms with E-state index in [0.717, 1.165) is 57.1 Å². The zero-order chi connectivity index (χ0) is 19.1. The first-order valence-electron chi connectivity index (χ1n) is 9.81. The third kappa shape index (κ3) is 4.93. The SMILES string of the molecule is CCCn1ncnc1-c1cccc(C(=O)NCC(CC)N2CCOCC2)c1. The molecule has 1 aromatic heterocycles. The number of rotatable bonds is 8. The second-order valence-electron chi connectivity index (χ2n) is 6.81. The molecule has 0 saturated carbocycles. The molecular formula is C20H29N5O2. The smallest absolute Gasteiger partial charge is 0.251 e. The lowest BCUT2D eigenvalue weighted by molar-refractivity contribution is 0.0159. The van der Waals surface area contributed by atoms with Crippen LogP contribution in [0.1, 0.15) is 37.0 Å². The van der Waals surface area contributed by atoms with Crippen molar-refractivity contribution in [2.45, 2.75) is 39.3 Å². The molecule has 1 amide bonds. The monoisotopic (exact) mass is 371 g/mol. The molecule has 1 N–H and O–H groups in total. The first kappa shape index (κ1) is 19.5. The lowest BCUT2D eigenvalue weighted by Gasteiger charge is -2.34. The van der Waals surface area contributed by atoms with Gasteiger partial charge in [-0.1, -0.05) is 26.0 Å². The Hall–Kier alpha value is -2.25. The van der Waals surface area contributed by atoms with Gasteiger partial charge < -0.3 is 10.1 Å². The summed E-state index contributed by atoms with van der Waals surface area (Å²) in [5.41, 5.74) is 1.56. The predicted molar refractivity (Wildman–Crippen MR) is 105 cm³/mol.